The van der Waals surface area contributed by atoms with Crippen LogP contribution >= 0.6 is 15.9 Å². The number of hydrogen-bond acceptors (Lipinski definition) is 4. The number of carbonyl (C=O) groups excluding carboxylic acids is 1. The first kappa shape index (κ1) is 22.7. The Morgan fingerprint density at radius 1 is 0.968 bits per heavy atom. The van der Waals surface area contributed by atoms with Crippen LogP contribution in [-0.4, -0.2) is 26.6 Å². The summed E-state index contributed by atoms with van der Waals surface area (Å²) in [6.07, 6.45) is 0. The third-order valence-electron chi connectivity index (χ3n) is 4.61. The van der Waals surface area contributed by atoms with E-state index in [2.05, 4.69) is 26.5 Å². The number of carbonyl (C=O) groups is 1. The molecule has 3 aromatic carbocycles. The van der Waals surface area contributed by atoms with E-state index in [0.717, 1.165) is 19.9 Å². The monoisotopic (exact) mass is 499 g/mol. The average Bonchev–Trinajstić information content (AvgIpc) is 2.77. The van der Waals surface area contributed by atoms with Gasteiger partial charge in [-0.1, -0.05) is 64.5 Å². The molecule has 1 amide bonds. The van der Waals surface area contributed by atoms with Crippen molar-refractivity contribution >= 4 is 43.3 Å². The molecule has 0 spiro atoms. The van der Waals surface area contributed by atoms with Gasteiger partial charge in [0.25, 0.3) is 15.9 Å². The Labute approximate surface area is 190 Å². The largest absolute Gasteiger partial charge is 0.271 e. The van der Waals surface area contributed by atoms with Crippen LogP contribution in [0.15, 0.2) is 93.3 Å². The number of sulfonamides is 1. The summed E-state index contributed by atoms with van der Waals surface area (Å²) in [4.78, 5) is 12.8. The molecule has 3 rings (SSSR count). The summed E-state index contributed by atoms with van der Waals surface area (Å²) in [5, 5.41) is 4.13. The van der Waals surface area contributed by atoms with Gasteiger partial charge in [0, 0.05) is 4.47 Å². The molecule has 0 unspecified atom stereocenters. The van der Waals surface area contributed by atoms with Crippen molar-refractivity contribution in [3.63, 3.8) is 0 Å². The fraction of sp³-hybridized carbons (Fsp3) is 0.130. The van der Waals surface area contributed by atoms with Gasteiger partial charge in [-0.15, -0.1) is 0 Å². The van der Waals surface area contributed by atoms with Gasteiger partial charge in [-0.05, 0) is 55.3 Å². The molecule has 1 N–H and O–H groups in total. The van der Waals surface area contributed by atoms with Gasteiger partial charge in [0.15, 0.2) is 0 Å². The molecule has 0 aromatic heterocycles. The number of aryl methyl sites for hydroxylation is 1. The smallest absolute Gasteiger partial charge is 0.264 e. The fourth-order valence-corrected chi connectivity index (χ4v) is 4.70. The van der Waals surface area contributed by atoms with Crippen LogP contribution in [0.5, 0.6) is 0 Å². The molecule has 0 bridgehead atoms. The van der Waals surface area contributed by atoms with Crippen LogP contribution in [0.1, 0.15) is 18.1 Å². The van der Waals surface area contributed by atoms with E-state index in [0.29, 0.717) is 11.4 Å². The number of rotatable bonds is 7. The molecule has 160 valence electrons. The normalized spacial score (nSPS) is 11.8. The molecular formula is C23H22BrN3O3S. The van der Waals surface area contributed by atoms with Crippen molar-refractivity contribution in [2.75, 3.05) is 10.8 Å². The number of para-hydroxylation sites is 1. The highest BCUT2D eigenvalue weighted by molar-refractivity contribution is 9.10. The average molecular weight is 500 g/mol. The summed E-state index contributed by atoms with van der Waals surface area (Å²) < 4.78 is 28.7. The number of anilines is 1. The zero-order chi connectivity index (χ0) is 22.4. The van der Waals surface area contributed by atoms with Gasteiger partial charge in [0.2, 0.25) is 0 Å². The van der Waals surface area contributed by atoms with Gasteiger partial charge >= 0.3 is 0 Å². The zero-order valence-corrected chi connectivity index (χ0v) is 19.5. The lowest BCUT2D eigenvalue weighted by Crippen LogP contribution is -2.40. The summed E-state index contributed by atoms with van der Waals surface area (Å²) >= 11 is 3.38. The van der Waals surface area contributed by atoms with Crippen LogP contribution in [-0.2, 0) is 14.8 Å². The van der Waals surface area contributed by atoms with Gasteiger partial charge in [-0.3, -0.25) is 9.10 Å². The molecule has 31 heavy (non-hydrogen) atoms. The highest BCUT2D eigenvalue weighted by Gasteiger charge is 2.28. The number of hydrazone groups is 1. The molecule has 0 heterocycles. The second-order valence-corrected chi connectivity index (χ2v) is 9.63. The number of amides is 1. The molecule has 0 aliphatic rings. The third kappa shape index (κ3) is 5.59. The van der Waals surface area contributed by atoms with E-state index in [9.17, 15) is 13.2 Å². The first-order valence-electron chi connectivity index (χ1n) is 9.51. The molecule has 3 aromatic rings. The van der Waals surface area contributed by atoms with E-state index in [-0.39, 0.29) is 4.90 Å². The molecule has 0 aliphatic carbocycles. The lowest BCUT2D eigenvalue weighted by Gasteiger charge is -2.25. The van der Waals surface area contributed by atoms with E-state index in [1.165, 1.54) is 12.1 Å². The first-order valence-corrected chi connectivity index (χ1v) is 11.7. The van der Waals surface area contributed by atoms with Crippen LogP contribution in [0.2, 0.25) is 0 Å². The summed E-state index contributed by atoms with van der Waals surface area (Å²) in [6, 6.07) is 22.6. The molecule has 8 heteroatoms. The molecule has 0 radical (unpaired) electrons. The Kier molecular flexibility index (Phi) is 7.25. The maximum atomic E-state index is 13.3. The second kappa shape index (κ2) is 9.89. The van der Waals surface area contributed by atoms with E-state index in [1.807, 2.05) is 30.3 Å². The third-order valence-corrected chi connectivity index (χ3v) is 6.92. The lowest BCUT2D eigenvalue weighted by atomic mass is 10.1. The highest BCUT2D eigenvalue weighted by Crippen LogP contribution is 2.26. The fourth-order valence-electron chi connectivity index (χ4n) is 2.93. The number of hydrogen-bond donors (Lipinski definition) is 1. The van der Waals surface area contributed by atoms with Crippen LogP contribution in [0.25, 0.3) is 0 Å². The summed E-state index contributed by atoms with van der Waals surface area (Å²) in [5.41, 5.74) is 5.10. The van der Waals surface area contributed by atoms with Crippen LogP contribution in [0.3, 0.4) is 0 Å². The Morgan fingerprint density at radius 2 is 1.58 bits per heavy atom. The second-order valence-electron chi connectivity index (χ2n) is 6.85. The van der Waals surface area contributed by atoms with Crippen LogP contribution in [0, 0.1) is 6.92 Å². The van der Waals surface area contributed by atoms with Crippen molar-refractivity contribution in [3.05, 3.63) is 94.5 Å². The SMILES string of the molecule is C/C(=N\NC(=O)CN(c1ccccc1C)S(=O)(=O)c1ccccc1)c1ccc(Br)cc1. The van der Waals surface area contributed by atoms with Gasteiger partial charge in [0.05, 0.1) is 16.3 Å². The zero-order valence-electron chi connectivity index (χ0n) is 17.1. The van der Waals surface area contributed by atoms with Gasteiger partial charge in [-0.2, -0.15) is 5.10 Å². The number of benzene rings is 3. The van der Waals surface area contributed by atoms with Crippen LogP contribution in [0.4, 0.5) is 5.69 Å². The Hall–Kier alpha value is -2.97. The first-order chi connectivity index (χ1) is 14.8. The van der Waals surface area contributed by atoms with Crippen LogP contribution < -0.4 is 9.73 Å². The molecular weight excluding hydrogens is 478 g/mol. The Morgan fingerprint density at radius 3 is 2.23 bits per heavy atom. The van der Waals surface area contributed by atoms with Gasteiger partial charge < -0.3 is 0 Å². The summed E-state index contributed by atoms with van der Waals surface area (Å²) in [7, 11) is -3.95. The van der Waals surface area contributed by atoms with Gasteiger partial charge in [-0.25, -0.2) is 13.8 Å². The minimum absolute atomic E-state index is 0.112. The number of halogens is 1. The topological polar surface area (TPSA) is 78.8 Å². The number of nitrogens with zero attached hydrogens (tertiary/aromatic N) is 2. The van der Waals surface area contributed by atoms with E-state index in [1.54, 1.807) is 50.2 Å². The standard InChI is InChI=1S/C23H22BrN3O3S/c1-17-8-6-7-11-22(17)27(31(29,30)21-9-4-3-5-10-21)16-23(28)26-25-18(2)19-12-14-20(24)15-13-19/h3-15H,16H2,1-2H3,(H,26,28)/b25-18+. The van der Waals surface area contributed by atoms with E-state index < -0.39 is 22.5 Å². The molecule has 0 fully saturated rings. The molecule has 0 atom stereocenters. The predicted molar refractivity (Wildman–Crippen MR) is 127 cm³/mol. The molecule has 0 saturated carbocycles. The van der Waals surface area contributed by atoms with Crippen molar-refractivity contribution in [1.82, 2.24) is 5.43 Å². The maximum absolute atomic E-state index is 13.3. The van der Waals surface area contributed by atoms with Crippen molar-refractivity contribution in [3.8, 4) is 0 Å². The Bertz CT molecular complexity index is 1190. The minimum Gasteiger partial charge on any atom is -0.271 e. The maximum Gasteiger partial charge on any atom is 0.264 e. The molecule has 0 aliphatic heterocycles. The number of nitrogens with one attached hydrogen (secondary N) is 1. The highest BCUT2D eigenvalue weighted by atomic mass is 79.9. The molecule has 0 saturated heterocycles. The predicted octanol–water partition coefficient (Wildman–Crippen LogP) is 4.49. The summed E-state index contributed by atoms with van der Waals surface area (Å²) in [5.74, 6) is -0.542. The molecule has 6 nitrogen and oxygen atoms in total. The van der Waals surface area contributed by atoms with Crippen molar-refractivity contribution < 1.29 is 13.2 Å². The van der Waals surface area contributed by atoms with Crippen molar-refractivity contribution in [2.24, 2.45) is 5.10 Å². The van der Waals surface area contributed by atoms with Gasteiger partial charge in [0.1, 0.15) is 6.54 Å². The summed E-state index contributed by atoms with van der Waals surface area (Å²) in [6.45, 7) is 3.17. The van der Waals surface area contributed by atoms with E-state index >= 15 is 0 Å². The quantitative estimate of drug-likeness (QED) is 0.384. The van der Waals surface area contributed by atoms with Crippen molar-refractivity contribution in [1.29, 1.82) is 0 Å². The minimum atomic E-state index is -3.95. The van der Waals surface area contributed by atoms with E-state index in [4.69, 9.17) is 0 Å². The lowest BCUT2D eigenvalue weighted by molar-refractivity contribution is -0.119. The Balaban J connectivity index is 1.87. The van der Waals surface area contributed by atoms with Crippen molar-refractivity contribution in [2.45, 2.75) is 18.7 Å².